The molecule has 78 valence electrons. The quantitative estimate of drug-likeness (QED) is 0.688. The van der Waals surface area contributed by atoms with Crippen LogP contribution in [-0.2, 0) is 11.2 Å². The number of nitrogens with one attached hydrogen (secondary N) is 1. The van der Waals surface area contributed by atoms with E-state index in [0.717, 1.165) is 11.3 Å². The Morgan fingerprint density at radius 2 is 2.36 bits per heavy atom. The van der Waals surface area contributed by atoms with Gasteiger partial charge in [0.1, 0.15) is 0 Å². The molecule has 0 bridgehead atoms. The number of esters is 1. The third-order valence-corrected chi connectivity index (χ3v) is 1.90. The summed E-state index contributed by atoms with van der Waals surface area (Å²) in [7, 11) is 0. The van der Waals surface area contributed by atoms with Gasteiger partial charge in [0, 0.05) is 17.9 Å². The van der Waals surface area contributed by atoms with Crippen molar-refractivity contribution in [3.05, 3.63) is 17.0 Å². The molecule has 2 N–H and O–H groups in total. The number of aryl methyl sites for hydroxylation is 1. The summed E-state index contributed by atoms with van der Waals surface area (Å²) in [6, 6.07) is 0. The molecule has 1 rings (SSSR count). The van der Waals surface area contributed by atoms with Crippen molar-refractivity contribution in [2.75, 3.05) is 13.2 Å². The number of hydrogen-bond donors (Lipinski definition) is 2. The summed E-state index contributed by atoms with van der Waals surface area (Å²) >= 11 is 0. The monoisotopic (exact) mass is 198 g/mol. The number of aliphatic hydroxyl groups is 1. The van der Waals surface area contributed by atoms with Gasteiger partial charge in [0.2, 0.25) is 0 Å². The number of nitrogens with zero attached hydrogens (tertiary/aromatic N) is 1. The van der Waals surface area contributed by atoms with Crippen molar-refractivity contribution in [1.82, 2.24) is 10.2 Å². The lowest BCUT2D eigenvalue weighted by Gasteiger charge is -2.01. The molecule has 0 unspecified atom stereocenters. The van der Waals surface area contributed by atoms with E-state index in [1.807, 2.05) is 0 Å². The van der Waals surface area contributed by atoms with Crippen LogP contribution in [0.5, 0.6) is 0 Å². The van der Waals surface area contributed by atoms with Crippen LogP contribution in [0.2, 0.25) is 0 Å². The van der Waals surface area contributed by atoms with Crippen LogP contribution in [0, 0.1) is 6.92 Å². The lowest BCUT2D eigenvalue weighted by atomic mass is 10.1. The highest BCUT2D eigenvalue weighted by Gasteiger charge is 2.17. The summed E-state index contributed by atoms with van der Waals surface area (Å²) in [4.78, 5) is 11.4. The van der Waals surface area contributed by atoms with Crippen molar-refractivity contribution in [1.29, 1.82) is 0 Å². The summed E-state index contributed by atoms with van der Waals surface area (Å²) in [5.74, 6) is -0.444. The van der Waals surface area contributed by atoms with E-state index in [0.29, 0.717) is 13.0 Å². The zero-order chi connectivity index (χ0) is 10.6. The van der Waals surface area contributed by atoms with Gasteiger partial charge < -0.3 is 9.84 Å². The molecule has 0 aliphatic heterocycles. The van der Waals surface area contributed by atoms with Gasteiger partial charge in [-0.15, -0.1) is 0 Å². The normalized spacial score (nSPS) is 10.2. The third-order valence-electron chi connectivity index (χ3n) is 1.90. The number of carbonyl (C=O) groups is 1. The molecule has 5 nitrogen and oxygen atoms in total. The first-order valence-corrected chi connectivity index (χ1v) is 4.52. The largest absolute Gasteiger partial charge is 0.461 e. The smallest absolute Gasteiger partial charge is 0.359 e. The Morgan fingerprint density at radius 3 is 2.93 bits per heavy atom. The molecular formula is C9H14N2O3. The molecule has 0 spiro atoms. The lowest BCUT2D eigenvalue weighted by molar-refractivity contribution is 0.0518. The second kappa shape index (κ2) is 4.76. The van der Waals surface area contributed by atoms with Crippen molar-refractivity contribution in [3.63, 3.8) is 0 Å². The second-order valence-corrected chi connectivity index (χ2v) is 2.87. The Hall–Kier alpha value is -1.36. The van der Waals surface area contributed by atoms with E-state index in [1.165, 1.54) is 0 Å². The lowest BCUT2D eigenvalue weighted by Crippen LogP contribution is -2.09. The van der Waals surface area contributed by atoms with Crippen LogP contribution in [0.25, 0.3) is 0 Å². The van der Waals surface area contributed by atoms with Gasteiger partial charge in [-0.2, -0.15) is 5.10 Å². The van der Waals surface area contributed by atoms with Gasteiger partial charge in [0.15, 0.2) is 5.69 Å². The number of carbonyl (C=O) groups excluding carboxylic acids is 1. The minimum atomic E-state index is -0.444. The van der Waals surface area contributed by atoms with E-state index in [9.17, 15) is 4.79 Å². The van der Waals surface area contributed by atoms with Gasteiger partial charge in [-0.05, 0) is 20.3 Å². The molecular weight excluding hydrogens is 184 g/mol. The average molecular weight is 198 g/mol. The first kappa shape index (κ1) is 10.7. The molecule has 1 aromatic rings. The number of rotatable bonds is 4. The molecule has 1 aromatic heterocycles. The second-order valence-electron chi connectivity index (χ2n) is 2.87. The molecule has 0 aliphatic rings. The van der Waals surface area contributed by atoms with Crippen LogP contribution in [0.15, 0.2) is 0 Å². The predicted molar refractivity (Wildman–Crippen MR) is 50.1 cm³/mol. The zero-order valence-electron chi connectivity index (χ0n) is 8.33. The number of aromatic nitrogens is 2. The summed E-state index contributed by atoms with van der Waals surface area (Å²) in [6.45, 7) is 3.86. The van der Waals surface area contributed by atoms with Crippen molar-refractivity contribution in [2.24, 2.45) is 0 Å². The van der Waals surface area contributed by atoms with Crippen LogP contribution < -0.4 is 0 Å². The van der Waals surface area contributed by atoms with Gasteiger partial charge in [-0.25, -0.2) is 4.79 Å². The van der Waals surface area contributed by atoms with Gasteiger partial charge in [0.05, 0.1) is 6.61 Å². The van der Waals surface area contributed by atoms with E-state index in [-0.39, 0.29) is 12.3 Å². The Morgan fingerprint density at radius 1 is 1.64 bits per heavy atom. The molecule has 14 heavy (non-hydrogen) atoms. The van der Waals surface area contributed by atoms with Crippen molar-refractivity contribution < 1.29 is 14.6 Å². The third kappa shape index (κ3) is 2.11. The number of H-pyrrole nitrogens is 1. The van der Waals surface area contributed by atoms with E-state index in [2.05, 4.69) is 10.2 Å². The summed E-state index contributed by atoms with van der Waals surface area (Å²) in [6.07, 6.45) is 0.413. The Balaban J connectivity index is 2.90. The zero-order valence-corrected chi connectivity index (χ0v) is 8.33. The number of ether oxygens (including phenoxy) is 1. The molecule has 1 heterocycles. The van der Waals surface area contributed by atoms with E-state index >= 15 is 0 Å². The Labute approximate surface area is 82.1 Å². The van der Waals surface area contributed by atoms with Gasteiger partial charge in [-0.1, -0.05) is 0 Å². The number of hydrogen-bond acceptors (Lipinski definition) is 4. The number of aliphatic hydroxyl groups excluding tert-OH is 1. The van der Waals surface area contributed by atoms with E-state index < -0.39 is 5.97 Å². The van der Waals surface area contributed by atoms with Crippen molar-refractivity contribution >= 4 is 5.97 Å². The van der Waals surface area contributed by atoms with Crippen LogP contribution in [0.1, 0.15) is 28.7 Å². The van der Waals surface area contributed by atoms with Crippen molar-refractivity contribution in [2.45, 2.75) is 20.3 Å². The fourth-order valence-electron chi connectivity index (χ4n) is 1.24. The van der Waals surface area contributed by atoms with Crippen molar-refractivity contribution in [3.8, 4) is 0 Å². The molecule has 0 aromatic carbocycles. The maximum Gasteiger partial charge on any atom is 0.359 e. The van der Waals surface area contributed by atoms with Gasteiger partial charge in [0.25, 0.3) is 0 Å². The van der Waals surface area contributed by atoms with Crippen LogP contribution >= 0.6 is 0 Å². The molecule has 0 radical (unpaired) electrons. The van der Waals surface area contributed by atoms with Gasteiger partial charge in [-0.3, -0.25) is 5.10 Å². The van der Waals surface area contributed by atoms with E-state index in [4.69, 9.17) is 9.84 Å². The molecule has 0 saturated heterocycles. The molecule has 0 aliphatic carbocycles. The molecule has 0 saturated carbocycles. The standard InChI is InChI=1S/C9H14N2O3/c1-3-14-9(13)8-7(4-5-12)6(2)10-11-8/h12H,3-5H2,1-2H3,(H,10,11). The minimum Gasteiger partial charge on any atom is -0.461 e. The highest BCUT2D eigenvalue weighted by molar-refractivity contribution is 5.89. The summed E-state index contributed by atoms with van der Waals surface area (Å²) < 4.78 is 4.83. The maximum atomic E-state index is 11.4. The van der Waals surface area contributed by atoms with Crippen LogP contribution in [0.4, 0.5) is 0 Å². The fourth-order valence-corrected chi connectivity index (χ4v) is 1.24. The first-order chi connectivity index (χ1) is 6.70. The SMILES string of the molecule is CCOC(=O)c1n[nH]c(C)c1CCO. The summed E-state index contributed by atoms with van der Waals surface area (Å²) in [5.41, 5.74) is 1.80. The van der Waals surface area contributed by atoms with Crippen LogP contribution in [0.3, 0.4) is 0 Å². The predicted octanol–water partition coefficient (Wildman–Crippen LogP) is 0.430. The molecule has 0 atom stereocenters. The highest BCUT2D eigenvalue weighted by Crippen LogP contribution is 2.12. The van der Waals surface area contributed by atoms with E-state index in [1.54, 1.807) is 13.8 Å². The van der Waals surface area contributed by atoms with Crippen LogP contribution in [-0.4, -0.2) is 34.5 Å². The minimum absolute atomic E-state index is 0.00716. The molecule has 5 heteroatoms. The molecule has 0 fully saturated rings. The first-order valence-electron chi connectivity index (χ1n) is 4.52. The fraction of sp³-hybridized carbons (Fsp3) is 0.556. The van der Waals surface area contributed by atoms with Gasteiger partial charge >= 0.3 is 5.97 Å². The molecule has 0 amide bonds. The summed E-state index contributed by atoms with van der Waals surface area (Å²) in [5, 5.41) is 15.3. The Kier molecular flexibility index (Phi) is 3.64. The maximum absolute atomic E-state index is 11.4. The topological polar surface area (TPSA) is 75.2 Å². The average Bonchev–Trinajstić information content (AvgIpc) is 2.50. The highest BCUT2D eigenvalue weighted by atomic mass is 16.5. The Bertz CT molecular complexity index is 320. The number of aromatic amines is 1.